The number of hydrogen-bond donors (Lipinski definition) is 1. The fraction of sp³-hybridized carbons (Fsp3) is 0.214. The summed E-state index contributed by atoms with van der Waals surface area (Å²) in [5.41, 5.74) is 6.22. The minimum absolute atomic E-state index is 0.108. The van der Waals surface area contributed by atoms with Crippen LogP contribution in [-0.2, 0) is 16.4 Å². The molecule has 0 aliphatic heterocycles. The highest BCUT2D eigenvalue weighted by atomic mass is 32.2. The molecule has 2 aromatic rings. The summed E-state index contributed by atoms with van der Waals surface area (Å²) < 4.78 is 26.0. The average molecular weight is 324 g/mol. The lowest BCUT2D eigenvalue weighted by Gasteiger charge is -2.16. The van der Waals surface area contributed by atoms with Crippen molar-refractivity contribution in [2.45, 2.75) is 11.3 Å². The maximum atomic E-state index is 12.4. The van der Waals surface area contributed by atoms with Crippen LogP contribution in [-0.4, -0.2) is 32.2 Å². The van der Waals surface area contributed by atoms with Crippen molar-refractivity contribution in [2.24, 2.45) is 5.73 Å². The van der Waals surface area contributed by atoms with Crippen LogP contribution < -0.4 is 5.73 Å². The maximum absolute atomic E-state index is 12.4. The highest BCUT2D eigenvalue weighted by Crippen LogP contribution is 2.21. The van der Waals surface area contributed by atoms with E-state index in [0.717, 1.165) is 16.9 Å². The summed E-state index contributed by atoms with van der Waals surface area (Å²) in [7, 11) is -2.06. The molecule has 0 saturated heterocycles. The van der Waals surface area contributed by atoms with Crippen LogP contribution in [0.5, 0.6) is 0 Å². The van der Waals surface area contributed by atoms with Crippen molar-refractivity contribution >= 4 is 27.3 Å². The van der Waals surface area contributed by atoms with Gasteiger partial charge >= 0.3 is 0 Å². The third-order valence-corrected chi connectivity index (χ3v) is 6.01. The first-order valence-corrected chi connectivity index (χ1v) is 8.62. The topological polar surface area (TPSA) is 80.5 Å². The van der Waals surface area contributed by atoms with Crippen molar-refractivity contribution < 1.29 is 13.2 Å². The van der Waals surface area contributed by atoms with E-state index >= 15 is 0 Å². The summed E-state index contributed by atoms with van der Waals surface area (Å²) in [4.78, 5) is 11.4. The Hall–Kier alpha value is -1.70. The van der Waals surface area contributed by atoms with E-state index in [-0.39, 0.29) is 9.77 Å². The number of carbonyl (C=O) groups excluding carboxylic acids is 1. The fourth-order valence-electron chi connectivity index (χ4n) is 1.81. The Morgan fingerprint density at radius 1 is 1.29 bits per heavy atom. The second-order valence-corrected chi connectivity index (χ2v) is 7.53. The van der Waals surface area contributed by atoms with Crippen LogP contribution in [0, 0.1) is 0 Å². The van der Waals surface area contributed by atoms with E-state index in [1.165, 1.54) is 22.8 Å². The number of carbonyl (C=O) groups is 1. The largest absolute Gasteiger partial charge is 0.365 e. The second-order valence-electron chi connectivity index (χ2n) is 4.57. The highest BCUT2D eigenvalue weighted by Gasteiger charge is 2.22. The Morgan fingerprint density at radius 2 is 1.95 bits per heavy atom. The molecule has 0 radical (unpaired) electrons. The normalized spacial score (nSPS) is 11.7. The molecule has 0 bridgehead atoms. The lowest BCUT2D eigenvalue weighted by Crippen LogP contribution is -2.28. The maximum Gasteiger partial charge on any atom is 0.258 e. The van der Waals surface area contributed by atoms with Gasteiger partial charge in [-0.3, -0.25) is 4.79 Å². The fourth-order valence-corrected chi connectivity index (χ4v) is 4.10. The molecule has 5 nitrogen and oxygen atoms in total. The Kier molecular flexibility index (Phi) is 4.76. The lowest BCUT2D eigenvalue weighted by molar-refractivity contribution is 0.100. The molecule has 7 heteroatoms. The Balaban J connectivity index is 2.09. The standard InChI is InChI=1S/C14H16N2O3S2/c1-16(8-7-11-5-3-2-4-6-11)21(18,19)12-9-13(14(15)17)20-10-12/h2-6,9-10H,7-8H2,1H3,(H2,15,17). The van der Waals surface area contributed by atoms with Gasteiger partial charge in [-0.05, 0) is 18.1 Å². The van der Waals surface area contributed by atoms with E-state index in [1.54, 1.807) is 0 Å². The van der Waals surface area contributed by atoms with Crippen LogP contribution in [0.3, 0.4) is 0 Å². The molecule has 1 amide bonds. The molecule has 1 heterocycles. The molecule has 0 saturated carbocycles. The van der Waals surface area contributed by atoms with E-state index in [1.807, 2.05) is 30.3 Å². The van der Waals surface area contributed by atoms with E-state index in [9.17, 15) is 13.2 Å². The molecular formula is C14H16N2O3S2. The van der Waals surface area contributed by atoms with Gasteiger partial charge in [-0.15, -0.1) is 11.3 Å². The summed E-state index contributed by atoms with van der Waals surface area (Å²) in [5.74, 6) is -0.617. The number of sulfonamides is 1. The predicted molar refractivity (Wildman–Crippen MR) is 82.8 cm³/mol. The summed E-state index contributed by atoms with van der Waals surface area (Å²) in [6, 6.07) is 11.0. The summed E-state index contributed by atoms with van der Waals surface area (Å²) in [6.45, 7) is 0.369. The number of nitrogens with two attached hydrogens (primary N) is 1. The number of primary amides is 1. The zero-order valence-corrected chi connectivity index (χ0v) is 13.2. The molecule has 0 spiro atoms. The number of rotatable bonds is 6. The summed E-state index contributed by atoms with van der Waals surface area (Å²) >= 11 is 1.04. The molecule has 1 aromatic carbocycles. The van der Waals surface area contributed by atoms with Crippen molar-refractivity contribution in [1.29, 1.82) is 0 Å². The molecule has 0 aliphatic carbocycles. The first kappa shape index (κ1) is 15.7. The molecule has 2 N–H and O–H groups in total. The van der Waals surface area contributed by atoms with Gasteiger partial charge in [0.15, 0.2) is 0 Å². The van der Waals surface area contributed by atoms with Crippen LogP contribution in [0.2, 0.25) is 0 Å². The van der Waals surface area contributed by atoms with Crippen LogP contribution in [0.1, 0.15) is 15.2 Å². The molecule has 0 fully saturated rings. The molecule has 0 aliphatic rings. The van der Waals surface area contributed by atoms with Gasteiger partial charge in [-0.25, -0.2) is 12.7 Å². The number of benzene rings is 1. The number of thiophene rings is 1. The van der Waals surface area contributed by atoms with E-state index in [2.05, 4.69) is 0 Å². The Bertz CT molecular complexity index is 724. The molecule has 112 valence electrons. The second kappa shape index (κ2) is 6.38. The van der Waals surface area contributed by atoms with E-state index < -0.39 is 15.9 Å². The molecular weight excluding hydrogens is 308 g/mol. The van der Waals surface area contributed by atoms with Crippen molar-refractivity contribution in [3.63, 3.8) is 0 Å². The van der Waals surface area contributed by atoms with Crippen molar-refractivity contribution in [3.8, 4) is 0 Å². The van der Waals surface area contributed by atoms with Crippen LogP contribution in [0.4, 0.5) is 0 Å². The average Bonchev–Trinajstić information content (AvgIpc) is 2.96. The first-order valence-electron chi connectivity index (χ1n) is 6.30. The third-order valence-electron chi connectivity index (χ3n) is 3.08. The first-order chi connectivity index (χ1) is 9.91. The van der Waals surface area contributed by atoms with Crippen molar-refractivity contribution in [3.05, 3.63) is 52.2 Å². The van der Waals surface area contributed by atoms with Gasteiger partial charge < -0.3 is 5.73 Å². The SMILES string of the molecule is CN(CCc1ccccc1)S(=O)(=O)c1csc(C(N)=O)c1. The van der Waals surface area contributed by atoms with Crippen LogP contribution in [0.15, 0.2) is 46.7 Å². The summed E-state index contributed by atoms with van der Waals surface area (Å²) in [5, 5.41) is 1.44. The van der Waals surface area contributed by atoms with Gasteiger partial charge in [0.05, 0.1) is 9.77 Å². The monoisotopic (exact) mass is 324 g/mol. The van der Waals surface area contributed by atoms with Gasteiger partial charge in [-0.1, -0.05) is 30.3 Å². The van der Waals surface area contributed by atoms with Crippen molar-refractivity contribution in [2.75, 3.05) is 13.6 Å². The minimum atomic E-state index is -3.59. The Morgan fingerprint density at radius 3 is 2.52 bits per heavy atom. The minimum Gasteiger partial charge on any atom is -0.365 e. The van der Waals surface area contributed by atoms with Gasteiger partial charge in [0, 0.05) is 19.0 Å². The number of nitrogens with zero attached hydrogens (tertiary/aromatic N) is 1. The third kappa shape index (κ3) is 3.69. The van der Waals surface area contributed by atoms with E-state index in [0.29, 0.717) is 13.0 Å². The van der Waals surface area contributed by atoms with Crippen LogP contribution >= 0.6 is 11.3 Å². The predicted octanol–water partition coefficient (Wildman–Crippen LogP) is 1.71. The highest BCUT2D eigenvalue weighted by molar-refractivity contribution is 7.89. The number of hydrogen-bond acceptors (Lipinski definition) is 4. The summed E-state index contributed by atoms with van der Waals surface area (Å²) in [6.07, 6.45) is 0.628. The molecule has 1 aromatic heterocycles. The molecule has 2 rings (SSSR count). The van der Waals surface area contributed by atoms with Crippen LogP contribution in [0.25, 0.3) is 0 Å². The van der Waals surface area contributed by atoms with Gasteiger partial charge in [0.1, 0.15) is 0 Å². The quantitative estimate of drug-likeness (QED) is 0.878. The van der Waals surface area contributed by atoms with E-state index in [4.69, 9.17) is 5.73 Å². The molecule has 21 heavy (non-hydrogen) atoms. The zero-order valence-electron chi connectivity index (χ0n) is 11.5. The van der Waals surface area contributed by atoms with Gasteiger partial charge in [-0.2, -0.15) is 0 Å². The molecule has 0 unspecified atom stereocenters. The number of amides is 1. The van der Waals surface area contributed by atoms with Gasteiger partial charge in [0.2, 0.25) is 10.0 Å². The zero-order chi connectivity index (χ0) is 15.5. The van der Waals surface area contributed by atoms with Crippen molar-refractivity contribution in [1.82, 2.24) is 4.31 Å². The van der Waals surface area contributed by atoms with Gasteiger partial charge in [0.25, 0.3) is 5.91 Å². The molecule has 0 atom stereocenters. The smallest absolute Gasteiger partial charge is 0.258 e. The lowest BCUT2D eigenvalue weighted by atomic mass is 10.2. The Labute approximate surface area is 128 Å². The number of likely N-dealkylation sites (N-methyl/N-ethyl adjacent to an activating group) is 1.